The number of allylic oxidation sites excluding steroid dienone is 1. The van der Waals surface area contributed by atoms with E-state index in [1.54, 1.807) is 0 Å². The fourth-order valence-corrected chi connectivity index (χ4v) is 2.41. The lowest BCUT2D eigenvalue weighted by molar-refractivity contribution is 0.137. The molecule has 3 unspecified atom stereocenters. The van der Waals surface area contributed by atoms with Gasteiger partial charge in [-0.15, -0.1) is 0 Å². The normalized spacial score (nSPS) is 42.7. The van der Waals surface area contributed by atoms with E-state index in [0.717, 1.165) is 11.8 Å². The molecule has 1 aliphatic rings. The van der Waals surface area contributed by atoms with Gasteiger partial charge >= 0.3 is 0 Å². The zero-order valence-electron chi connectivity index (χ0n) is 8.98. The average Bonchev–Trinajstić information content (AvgIpc) is 1.97. The molecule has 1 aliphatic carbocycles. The van der Waals surface area contributed by atoms with Crippen LogP contribution in [0.4, 0.5) is 0 Å². The van der Waals surface area contributed by atoms with Gasteiger partial charge in [0.1, 0.15) is 0 Å². The first kappa shape index (κ1) is 9.83. The van der Waals surface area contributed by atoms with Gasteiger partial charge in [-0.3, -0.25) is 0 Å². The number of hydrogen-bond donors (Lipinski definition) is 0. The van der Waals surface area contributed by atoms with Crippen LogP contribution in [0, 0.1) is 17.3 Å². The summed E-state index contributed by atoms with van der Waals surface area (Å²) >= 11 is 0. The van der Waals surface area contributed by atoms with Crippen LogP contribution in [0.25, 0.3) is 0 Å². The second-order valence-electron chi connectivity index (χ2n) is 4.98. The fourth-order valence-electron chi connectivity index (χ4n) is 2.41. The monoisotopic (exact) mass is 166 g/mol. The molecule has 0 saturated heterocycles. The van der Waals surface area contributed by atoms with E-state index in [1.165, 1.54) is 24.8 Å². The van der Waals surface area contributed by atoms with Crippen LogP contribution in [0.15, 0.2) is 12.2 Å². The number of rotatable bonds is 1. The van der Waals surface area contributed by atoms with Gasteiger partial charge < -0.3 is 0 Å². The van der Waals surface area contributed by atoms with Crippen LogP contribution in [0.2, 0.25) is 0 Å². The lowest BCUT2D eigenvalue weighted by Crippen LogP contribution is -2.32. The van der Waals surface area contributed by atoms with Gasteiger partial charge in [0, 0.05) is 0 Å². The van der Waals surface area contributed by atoms with Crippen LogP contribution in [0.3, 0.4) is 0 Å². The third-order valence-electron chi connectivity index (χ3n) is 3.98. The molecule has 0 radical (unpaired) electrons. The SMILES string of the molecule is C=C(C)C1(C)CCC(C)CC1C. The largest absolute Gasteiger partial charge is 0.0996 e. The summed E-state index contributed by atoms with van der Waals surface area (Å²) in [4.78, 5) is 0. The molecule has 12 heavy (non-hydrogen) atoms. The highest BCUT2D eigenvalue weighted by Gasteiger charge is 2.36. The molecule has 0 nitrogen and oxygen atoms in total. The molecular weight excluding hydrogens is 144 g/mol. The molecule has 3 atom stereocenters. The van der Waals surface area contributed by atoms with Gasteiger partial charge in [0.05, 0.1) is 0 Å². The van der Waals surface area contributed by atoms with Crippen LogP contribution < -0.4 is 0 Å². The van der Waals surface area contributed by atoms with Crippen molar-refractivity contribution in [2.24, 2.45) is 17.3 Å². The third kappa shape index (κ3) is 1.57. The minimum atomic E-state index is 0.423. The van der Waals surface area contributed by atoms with Crippen molar-refractivity contribution < 1.29 is 0 Å². The summed E-state index contributed by atoms with van der Waals surface area (Å²) in [7, 11) is 0. The Bertz CT molecular complexity index is 180. The standard InChI is InChI=1S/C12H22/c1-9(2)12(5)7-6-10(3)8-11(12)4/h10-11H,1,6-8H2,2-5H3. The van der Waals surface area contributed by atoms with Crippen LogP contribution in [0.1, 0.15) is 47.0 Å². The summed E-state index contributed by atoms with van der Waals surface area (Å²) in [6.45, 7) is 13.4. The number of hydrogen-bond acceptors (Lipinski definition) is 0. The summed E-state index contributed by atoms with van der Waals surface area (Å²) in [6, 6.07) is 0. The van der Waals surface area contributed by atoms with E-state index in [-0.39, 0.29) is 0 Å². The first-order valence-corrected chi connectivity index (χ1v) is 5.13. The molecule has 0 spiro atoms. The molecule has 0 heteroatoms. The molecule has 1 rings (SSSR count). The highest BCUT2D eigenvalue weighted by Crippen LogP contribution is 2.47. The van der Waals surface area contributed by atoms with Gasteiger partial charge in [-0.05, 0) is 43.4 Å². The Labute approximate surface area is 77.1 Å². The highest BCUT2D eigenvalue weighted by molar-refractivity contribution is 5.09. The second-order valence-corrected chi connectivity index (χ2v) is 4.98. The molecule has 1 fully saturated rings. The van der Waals surface area contributed by atoms with Crippen molar-refractivity contribution >= 4 is 0 Å². The maximum Gasteiger partial charge on any atom is -0.00960 e. The molecule has 0 aliphatic heterocycles. The maximum absolute atomic E-state index is 4.13. The van der Waals surface area contributed by atoms with Crippen molar-refractivity contribution in [1.29, 1.82) is 0 Å². The first-order valence-electron chi connectivity index (χ1n) is 5.13. The van der Waals surface area contributed by atoms with Gasteiger partial charge in [0.15, 0.2) is 0 Å². The van der Waals surface area contributed by atoms with E-state index in [1.807, 2.05) is 0 Å². The first-order chi connectivity index (χ1) is 5.47. The summed E-state index contributed by atoms with van der Waals surface area (Å²) in [6.07, 6.45) is 4.10. The van der Waals surface area contributed by atoms with Crippen molar-refractivity contribution in [3.05, 3.63) is 12.2 Å². The molecule has 0 N–H and O–H groups in total. The summed E-state index contributed by atoms with van der Waals surface area (Å²) in [5.41, 5.74) is 1.80. The molecule has 0 amide bonds. The molecule has 1 saturated carbocycles. The van der Waals surface area contributed by atoms with E-state index in [4.69, 9.17) is 0 Å². The second kappa shape index (κ2) is 3.24. The van der Waals surface area contributed by atoms with Crippen molar-refractivity contribution in [3.63, 3.8) is 0 Å². The molecule has 0 heterocycles. The van der Waals surface area contributed by atoms with Gasteiger partial charge in [-0.2, -0.15) is 0 Å². The lowest BCUT2D eigenvalue weighted by Gasteiger charge is -2.43. The predicted octanol–water partition coefficient (Wildman–Crippen LogP) is 4.02. The zero-order chi connectivity index (χ0) is 9.35. The molecule has 0 aromatic rings. The van der Waals surface area contributed by atoms with E-state index >= 15 is 0 Å². The average molecular weight is 166 g/mol. The minimum Gasteiger partial charge on any atom is -0.0996 e. The Balaban J connectivity index is 2.72. The summed E-state index contributed by atoms with van der Waals surface area (Å²) < 4.78 is 0. The maximum atomic E-state index is 4.13. The molecular formula is C12H22. The third-order valence-corrected chi connectivity index (χ3v) is 3.98. The lowest BCUT2D eigenvalue weighted by atomic mass is 9.62. The van der Waals surface area contributed by atoms with Crippen molar-refractivity contribution in [2.45, 2.75) is 47.0 Å². The smallest absolute Gasteiger partial charge is 0.00960 e. The van der Waals surface area contributed by atoms with Crippen LogP contribution in [-0.4, -0.2) is 0 Å². The van der Waals surface area contributed by atoms with Gasteiger partial charge in [0.2, 0.25) is 0 Å². The molecule has 0 bridgehead atoms. The van der Waals surface area contributed by atoms with Gasteiger partial charge in [-0.25, -0.2) is 0 Å². The summed E-state index contributed by atoms with van der Waals surface area (Å²) in [5.74, 6) is 1.74. The van der Waals surface area contributed by atoms with E-state index < -0.39 is 0 Å². The topological polar surface area (TPSA) is 0 Å². The molecule has 0 aromatic carbocycles. The Morgan fingerprint density at radius 3 is 2.42 bits per heavy atom. The van der Waals surface area contributed by atoms with Gasteiger partial charge in [0.25, 0.3) is 0 Å². The predicted molar refractivity (Wildman–Crippen MR) is 55.1 cm³/mol. The highest BCUT2D eigenvalue weighted by atomic mass is 14.4. The molecule has 70 valence electrons. The zero-order valence-corrected chi connectivity index (χ0v) is 8.98. The van der Waals surface area contributed by atoms with Gasteiger partial charge in [-0.1, -0.05) is 32.9 Å². The fraction of sp³-hybridized carbons (Fsp3) is 0.833. The summed E-state index contributed by atoms with van der Waals surface area (Å²) in [5, 5.41) is 0. The Morgan fingerprint density at radius 2 is 2.00 bits per heavy atom. The van der Waals surface area contributed by atoms with Crippen LogP contribution in [-0.2, 0) is 0 Å². The minimum absolute atomic E-state index is 0.423. The van der Waals surface area contributed by atoms with Crippen LogP contribution >= 0.6 is 0 Å². The van der Waals surface area contributed by atoms with E-state index in [2.05, 4.69) is 34.3 Å². The molecule has 0 aromatic heterocycles. The Kier molecular flexibility index (Phi) is 2.65. The van der Waals surface area contributed by atoms with Crippen molar-refractivity contribution in [3.8, 4) is 0 Å². The Hall–Kier alpha value is -0.260. The quantitative estimate of drug-likeness (QED) is 0.516. The van der Waals surface area contributed by atoms with Crippen LogP contribution in [0.5, 0.6) is 0 Å². The van der Waals surface area contributed by atoms with E-state index in [9.17, 15) is 0 Å². The van der Waals surface area contributed by atoms with Crippen molar-refractivity contribution in [2.75, 3.05) is 0 Å². The van der Waals surface area contributed by atoms with E-state index in [0.29, 0.717) is 5.41 Å². The Morgan fingerprint density at radius 1 is 1.42 bits per heavy atom. The van der Waals surface area contributed by atoms with Crippen molar-refractivity contribution in [1.82, 2.24) is 0 Å².